The van der Waals surface area contributed by atoms with Crippen molar-refractivity contribution < 1.29 is 4.79 Å². The molecule has 0 atom stereocenters. The summed E-state index contributed by atoms with van der Waals surface area (Å²) in [5.74, 6) is -0.153. The molecule has 1 heterocycles. The molecule has 0 saturated carbocycles. The molecule has 1 N–H and O–H groups in total. The van der Waals surface area contributed by atoms with Gasteiger partial charge in [0, 0.05) is 11.1 Å². The Morgan fingerprint density at radius 1 is 1.00 bits per heavy atom. The van der Waals surface area contributed by atoms with Crippen molar-refractivity contribution in [2.75, 3.05) is 0 Å². The number of H-pyrrole nitrogens is 1. The summed E-state index contributed by atoms with van der Waals surface area (Å²) in [6.07, 6.45) is 3.16. The standard InChI is InChI=1S/C18H12Cl2N2O/c19-15-8-6-13(10-16(15)20)18(23)9-7-14-11-17(22-21-14)12-4-2-1-3-5-12/h1-11H,(H,21,22)/b9-7+. The van der Waals surface area contributed by atoms with E-state index in [1.54, 1.807) is 24.3 Å². The molecule has 0 aliphatic heterocycles. The number of rotatable bonds is 4. The number of aromatic amines is 1. The molecule has 0 aliphatic rings. The number of ketones is 1. The van der Waals surface area contributed by atoms with Crippen molar-refractivity contribution >= 4 is 35.1 Å². The van der Waals surface area contributed by atoms with E-state index in [4.69, 9.17) is 23.2 Å². The number of nitrogens with zero attached hydrogens (tertiary/aromatic N) is 1. The van der Waals surface area contributed by atoms with Gasteiger partial charge in [0.25, 0.3) is 0 Å². The van der Waals surface area contributed by atoms with E-state index in [0.717, 1.165) is 17.0 Å². The van der Waals surface area contributed by atoms with Crippen LogP contribution in [0.2, 0.25) is 10.0 Å². The van der Waals surface area contributed by atoms with E-state index < -0.39 is 0 Å². The normalized spacial score (nSPS) is 11.0. The first-order chi connectivity index (χ1) is 11.1. The van der Waals surface area contributed by atoms with Crippen molar-refractivity contribution in [3.8, 4) is 11.3 Å². The molecule has 5 heteroatoms. The zero-order valence-electron chi connectivity index (χ0n) is 12.0. The minimum Gasteiger partial charge on any atom is -0.289 e. The van der Waals surface area contributed by atoms with E-state index in [-0.39, 0.29) is 5.78 Å². The zero-order chi connectivity index (χ0) is 16.2. The third-order valence-corrected chi connectivity index (χ3v) is 4.02. The lowest BCUT2D eigenvalue weighted by atomic mass is 10.1. The Labute approximate surface area is 143 Å². The van der Waals surface area contributed by atoms with E-state index in [2.05, 4.69) is 10.2 Å². The highest BCUT2D eigenvalue weighted by Crippen LogP contribution is 2.23. The molecule has 23 heavy (non-hydrogen) atoms. The lowest BCUT2D eigenvalue weighted by molar-refractivity contribution is 0.104. The Balaban J connectivity index is 1.76. The second-order valence-electron chi connectivity index (χ2n) is 4.90. The zero-order valence-corrected chi connectivity index (χ0v) is 13.5. The Morgan fingerprint density at radius 2 is 1.78 bits per heavy atom. The Kier molecular flexibility index (Phi) is 4.60. The minimum atomic E-state index is -0.153. The molecule has 114 valence electrons. The summed E-state index contributed by atoms with van der Waals surface area (Å²) in [5, 5.41) is 7.92. The molecule has 0 fully saturated rings. The largest absolute Gasteiger partial charge is 0.289 e. The number of aromatic nitrogens is 2. The average Bonchev–Trinajstić information content (AvgIpc) is 3.05. The van der Waals surface area contributed by atoms with Crippen LogP contribution in [-0.4, -0.2) is 16.0 Å². The van der Waals surface area contributed by atoms with Gasteiger partial charge in [0.05, 0.1) is 21.4 Å². The van der Waals surface area contributed by atoms with E-state index in [0.29, 0.717) is 15.6 Å². The van der Waals surface area contributed by atoms with Crippen LogP contribution in [-0.2, 0) is 0 Å². The van der Waals surface area contributed by atoms with Gasteiger partial charge in [-0.05, 0) is 36.4 Å². The summed E-state index contributed by atoms with van der Waals surface area (Å²) < 4.78 is 0. The first-order valence-electron chi connectivity index (χ1n) is 6.92. The smallest absolute Gasteiger partial charge is 0.185 e. The number of hydrogen-bond acceptors (Lipinski definition) is 2. The third kappa shape index (κ3) is 3.70. The second-order valence-corrected chi connectivity index (χ2v) is 5.72. The first-order valence-corrected chi connectivity index (χ1v) is 7.67. The highest BCUT2D eigenvalue weighted by molar-refractivity contribution is 6.42. The predicted molar refractivity (Wildman–Crippen MR) is 93.9 cm³/mol. The van der Waals surface area contributed by atoms with Crippen LogP contribution in [0.5, 0.6) is 0 Å². The molecule has 3 aromatic rings. The van der Waals surface area contributed by atoms with Gasteiger partial charge in [0.15, 0.2) is 5.78 Å². The quantitative estimate of drug-likeness (QED) is 0.517. The molecular formula is C18H12Cl2N2O. The van der Waals surface area contributed by atoms with Crippen LogP contribution in [0.15, 0.2) is 60.7 Å². The van der Waals surface area contributed by atoms with Gasteiger partial charge in [0.2, 0.25) is 0 Å². The molecule has 3 nitrogen and oxygen atoms in total. The monoisotopic (exact) mass is 342 g/mol. The maximum Gasteiger partial charge on any atom is 0.185 e. The number of halogens is 2. The van der Waals surface area contributed by atoms with E-state index >= 15 is 0 Å². The van der Waals surface area contributed by atoms with Crippen molar-refractivity contribution in [2.24, 2.45) is 0 Å². The van der Waals surface area contributed by atoms with E-state index in [1.807, 2.05) is 36.4 Å². The van der Waals surface area contributed by atoms with Gasteiger partial charge in [-0.15, -0.1) is 0 Å². The number of carbonyl (C=O) groups excluding carboxylic acids is 1. The fourth-order valence-corrected chi connectivity index (χ4v) is 2.39. The van der Waals surface area contributed by atoms with Crippen LogP contribution < -0.4 is 0 Å². The molecular weight excluding hydrogens is 331 g/mol. The molecule has 0 unspecified atom stereocenters. The Morgan fingerprint density at radius 3 is 2.52 bits per heavy atom. The molecule has 0 amide bonds. The number of nitrogens with one attached hydrogen (secondary N) is 1. The third-order valence-electron chi connectivity index (χ3n) is 3.29. The second kappa shape index (κ2) is 6.82. The summed E-state index contributed by atoms with van der Waals surface area (Å²) >= 11 is 11.8. The molecule has 0 aliphatic carbocycles. The summed E-state index contributed by atoms with van der Waals surface area (Å²) in [7, 11) is 0. The predicted octanol–water partition coefficient (Wildman–Crippen LogP) is 5.28. The molecule has 0 saturated heterocycles. The SMILES string of the molecule is O=C(/C=C/c1cc(-c2ccccc2)n[nH]1)c1ccc(Cl)c(Cl)c1. The summed E-state index contributed by atoms with van der Waals surface area (Å²) in [6, 6.07) is 16.5. The van der Waals surface area contributed by atoms with Gasteiger partial charge < -0.3 is 0 Å². The molecule has 3 rings (SSSR count). The number of hydrogen-bond donors (Lipinski definition) is 1. The topological polar surface area (TPSA) is 45.8 Å². The maximum atomic E-state index is 12.1. The van der Waals surface area contributed by atoms with Crippen molar-refractivity contribution in [1.29, 1.82) is 0 Å². The van der Waals surface area contributed by atoms with Crippen LogP contribution in [0.4, 0.5) is 0 Å². The molecule has 0 bridgehead atoms. The summed E-state index contributed by atoms with van der Waals surface area (Å²) in [6.45, 7) is 0. The van der Waals surface area contributed by atoms with E-state index in [1.165, 1.54) is 6.08 Å². The molecule has 1 aromatic heterocycles. The van der Waals surface area contributed by atoms with Crippen LogP contribution in [0, 0.1) is 0 Å². The van der Waals surface area contributed by atoms with Gasteiger partial charge in [0.1, 0.15) is 0 Å². The number of carbonyl (C=O) groups is 1. The minimum absolute atomic E-state index is 0.153. The fraction of sp³-hybridized carbons (Fsp3) is 0. The van der Waals surface area contributed by atoms with Gasteiger partial charge >= 0.3 is 0 Å². The first kappa shape index (κ1) is 15.5. The summed E-state index contributed by atoms with van der Waals surface area (Å²) in [4.78, 5) is 12.1. The van der Waals surface area contributed by atoms with Crippen molar-refractivity contribution in [1.82, 2.24) is 10.2 Å². The van der Waals surface area contributed by atoms with Gasteiger partial charge in [-0.2, -0.15) is 5.10 Å². The maximum absolute atomic E-state index is 12.1. The van der Waals surface area contributed by atoms with E-state index in [9.17, 15) is 4.79 Å². The van der Waals surface area contributed by atoms with Crippen LogP contribution >= 0.6 is 23.2 Å². The Hall–Kier alpha value is -2.36. The highest BCUT2D eigenvalue weighted by atomic mass is 35.5. The van der Waals surface area contributed by atoms with Crippen LogP contribution in [0.1, 0.15) is 16.1 Å². The lowest BCUT2D eigenvalue weighted by Crippen LogP contribution is -1.93. The van der Waals surface area contributed by atoms with Gasteiger partial charge in [-0.25, -0.2) is 0 Å². The summed E-state index contributed by atoms with van der Waals surface area (Å²) in [5.41, 5.74) is 3.07. The lowest BCUT2D eigenvalue weighted by Gasteiger charge is -1.98. The van der Waals surface area contributed by atoms with Crippen LogP contribution in [0.3, 0.4) is 0 Å². The fourth-order valence-electron chi connectivity index (χ4n) is 2.09. The van der Waals surface area contributed by atoms with Gasteiger partial charge in [-0.3, -0.25) is 9.89 Å². The Bertz CT molecular complexity index is 870. The highest BCUT2D eigenvalue weighted by Gasteiger charge is 2.06. The van der Waals surface area contributed by atoms with Gasteiger partial charge in [-0.1, -0.05) is 53.5 Å². The van der Waals surface area contributed by atoms with Crippen LogP contribution in [0.25, 0.3) is 17.3 Å². The molecule has 0 spiro atoms. The van der Waals surface area contributed by atoms with Crippen molar-refractivity contribution in [3.63, 3.8) is 0 Å². The molecule has 2 aromatic carbocycles. The van der Waals surface area contributed by atoms with Crippen molar-refractivity contribution in [2.45, 2.75) is 0 Å². The number of allylic oxidation sites excluding steroid dienone is 1. The average molecular weight is 343 g/mol. The number of benzene rings is 2. The molecule has 0 radical (unpaired) electrons. The van der Waals surface area contributed by atoms with Crippen molar-refractivity contribution in [3.05, 3.63) is 82.0 Å².